The normalized spacial score (nSPS) is 16.6. The van der Waals surface area contributed by atoms with Crippen LogP contribution in [0.25, 0.3) is 0 Å². The van der Waals surface area contributed by atoms with Crippen molar-refractivity contribution in [3.8, 4) is 0 Å². The number of hydrogen-bond acceptors (Lipinski definition) is 7. The van der Waals surface area contributed by atoms with Crippen LogP contribution in [0, 0.1) is 10.1 Å². The van der Waals surface area contributed by atoms with E-state index in [1.54, 1.807) is 23.6 Å². The van der Waals surface area contributed by atoms with Crippen LogP contribution in [0.3, 0.4) is 0 Å². The van der Waals surface area contributed by atoms with Crippen LogP contribution in [-0.2, 0) is 4.79 Å². The van der Waals surface area contributed by atoms with Crippen molar-refractivity contribution in [1.82, 2.24) is 9.80 Å². The van der Waals surface area contributed by atoms with E-state index in [0.717, 1.165) is 13.1 Å². The van der Waals surface area contributed by atoms with Gasteiger partial charge in [-0.1, -0.05) is 32.0 Å². The molecule has 2 heterocycles. The highest BCUT2D eigenvalue weighted by atomic mass is 32.1. The van der Waals surface area contributed by atoms with E-state index in [9.17, 15) is 24.8 Å². The number of thiophene rings is 1. The van der Waals surface area contributed by atoms with Gasteiger partial charge in [-0.15, -0.1) is 11.3 Å². The fourth-order valence-corrected chi connectivity index (χ4v) is 4.28. The molecule has 1 N–H and O–H groups in total. The van der Waals surface area contributed by atoms with Crippen LogP contribution in [0.1, 0.15) is 35.1 Å². The molecule has 2 aromatic rings. The van der Waals surface area contributed by atoms with E-state index < -0.39 is 28.4 Å². The molecule has 0 aliphatic carbocycles. The third kappa shape index (κ3) is 4.12. The van der Waals surface area contributed by atoms with Crippen molar-refractivity contribution in [2.24, 2.45) is 0 Å². The number of hydrogen-bond donors (Lipinski definition) is 1. The largest absolute Gasteiger partial charge is 0.503 e. The zero-order valence-electron chi connectivity index (χ0n) is 16.8. The maximum Gasteiger partial charge on any atom is 0.290 e. The lowest BCUT2D eigenvalue weighted by Crippen LogP contribution is -2.38. The number of nitro benzene ring substituents is 1. The highest BCUT2D eigenvalue weighted by molar-refractivity contribution is 7.12. The number of aliphatic hydroxyl groups is 1. The van der Waals surface area contributed by atoms with Gasteiger partial charge in [0.2, 0.25) is 5.78 Å². The van der Waals surface area contributed by atoms with Crippen molar-refractivity contribution in [3.05, 3.63) is 73.7 Å². The van der Waals surface area contributed by atoms with Crippen LogP contribution in [0.2, 0.25) is 0 Å². The van der Waals surface area contributed by atoms with Crippen LogP contribution >= 0.6 is 11.3 Å². The second-order valence-corrected chi connectivity index (χ2v) is 7.80. The minimum Gasteiger partial charge on any atom is -0.503 e. The van der Waals surface area contributed by atoms with E-state index in [1.807, 2.05) is 13.8 Å². The van der Waals surface area contributed by atoms with Crippen molar-refractivity contribution in [3.63, 3.8) is 0 Å². The molecule has 1 atom stereocenters. The summed E-state index contributed by atoms with van der Waals surface area (Å²) in [5, 5.41) is 23.6. The van der Waals surface area contributed by atoms with Crippen molar-refractivity contribution in [1.29, 1.82) is 0 Å². The number of aliphatic hydroxyl groups excluding tert-OH is 1. The summed E-state index contributed by atoms with van der Waals surface area (Å²) in [5.74, 6) is -1.68. The first-order chi connectivity index (χ1) is 14.4. The summed E-state index contributed by atoms with van der Waals surface area (Å²) in [4.78, 5) is 40.7. The number of Topliss-reactive ketones (excluding diaryl/α,β-unsaturated/α-hetero) is 1. The van der Waals surface area contributed by atoms with Gasteiger partial charge in [-0.05, 0) is 30.1 Å². The van der Waals surface area contributed by atoms with Crippen LogP contribution in [0.5, 0.6) is 0 Å². The zero-order chi connectivity index (χ0) is 21.8. The van der Waals surface area contributed by atoms with Gasteiger partial charge >= 0.3 is 0 Å². The van der Waals surface area contributed by atoms with Gasteiger partial charge in [0.1, 0.15) is 0 Å². The Bertz CT molecular complexity index is 982. The number of nitro groups is 1. The van der Waals surface area contributed by atoms with Gasteiger partial charge in [0.15, 0.2) is 5.76 Å². The van der Waals surface area contributed by atoms with Gasteiger partial charge in [-0.25, -0.2) is 0 Å². The Morgan fingerprint density at radius 2 is 2.00 bits per heavy atom. The third-order valence-corrected chi connectivity index (χ3v) is 6.11. The highest BCUT2D eigenvalue weighted by Gasteiger charge is 2.44. The minimum atomic E-state index is -0.887. The van der Waals surface area contributed by atoms with Crippen LogP contribution < -0.4 is 0 Å². The van der Waals surface area contributed by atoms with Gasteiger partial charge in [0.05, 0.1) is 21.4 Å². The van der Waals surface area contributed by atoms with Crippen LogP contribution in [-0.4, -0.2) is 57.7 Å². The maximum atomic E-state index is 13.1. The number of ketones is 1. The molecule has 30 heavy (non-hydrogen) atoms. The van der Waals surface area contributed by atoms with Crippen LogP contribution in [0.15, 0.2) is 53.1 Å². The van der Waals surface area contributed by atoms with E-state index in [1.165, 1.54) is 34.4 Å². The molecular formula is C21H23N3O5S. The van der Waals surface area contributed by atoms with Crippen molar-refractivity contribution >= 4 is 28.7 Å². The lowest BCUT2D eigenvalue weighted by atomic mass is 9.95. The molecule has 9 heteroatoms. The first-order valence-electron chi connectivity index (χ1n) is 9.68. The molecule has 8 nitrogen and oxygen atoms in total. The fourth-order valence-electron chi connectivity index (χ4n) is 3.60. The molecule has 158 valence electrons. The number of carbonyl (C=O) groups is 2. The monoisotopic (exact) mass is 429 g/mol. The number of carbonyl (C=O) groups excluding carboxylic acids is 2. The number of rotatable bonds is 9. The SMILES string of the molecule is CCN(CC)CCN1C(=O)C(O)=C(C(=O)c2cccs2)[C@@H]1c1cccc([N+](=O)[O-])c1. The molecule has 0 saturated carbocycles. The van der Waals surface area contributed by atoms with Gasteiger partial charge in [0, 0.05) is 25.2 Å². The molecule has 0 spiro atoms. The molecule has 0 unspecified atom stereocenters. The summed E-state index contributed by atoms with van der Waals surface area (Å²) >= 11 is 1.21. The van der Waals surface area contributed by atoms with Crippen molar-refractivity contribution in [2.45, 2.75) is 19.9 Å². The summed E-state index contributed by atoms with van der Waals surface area (Å²) in [6.45, 7) is 6.43. The fraction of sp³-hybridized carbons (Fsp3) is 0.333. The van der Waals surface area contributed by atoms with E-state index in [-0.39, 0.29) is 17.8 Å². The number of nitrogens with zero attached hydrogens (tertiary/aromatic N) is 3. The summed E-state index contributed by atoms with van der Waals surface area (Å²) < 4.78 is 0. The van der Waals surface area contributed by atoms with E-state index >= 15 is 0 Å². The molecule has 1 aromatic heterocycles. The molecule has 1 amide bonds. The second kappa shape index (κ2) is 9.19. The number of benzene rings is 1. The first-order valence-corrected chi connectivity index (χ1v) is 10.6. The predicted octanol–water partition coefficient (Wildman–Crippen LogP) is 3.58. The van der Waals surface area contributed by atoms with Gasteiger partial charge < -0.3 is 14.9 Å². The number of non-ortho nitro benzene ring substituents is 1. The standard InChI is InChI=1S/C21H23N3O5S/c1-3-22(4-2)10-11-23-18(14-7-5-8-15(13-14)24(28)29)17(20(26)21(23)27)19(25)16-9-6-12-30-16/h5-9,12-13,18,26H,3-4,10-11H2,1-2H3/t18-/m0/s1. The Morgan fingerprint density at radius 1 is 1.27 bits per heavy atom. The summed E-state index contributed by atoms with van der Waals surface area (Å²) in [6.07, 6.45) is 0. The smallest absolute Gasteiger partial charge is 0.290 e. The molecule has 1 aliphatic rings. The summed E-state index contributed by atoms with van der Waals surface area (Å²) in [5.41, 5.74) is 0.238. The Morgan fingerprint density at radius 3 is 2.60 bits per heavy atom. The Labute approximate surface area is 178 Å². The lowest BCUT2D eigenvalue weighted by Gasteiger charge is -2.29. The number of likely N-dealkylation sites (N-methyl/N-ethyl adjacent to an activating group) is 1. The Balaban J connectivity index is 2.05. The predicted molar refractivity (Wildman–Crippen MR) is 114 cm³/mol. The Hall–Kier alpha value is -3.04. The first kappa shape index (κ1) is 21.7. The highest BCUT2D eigenvalue weighted by Crippen LogP contribution is 2.40. The maximum absolute atomic E-state index is 13.1. The molecule has 0 fully saturated rings. The molecule has 0 radical (unpaired) electrons. The molecular weight excluding hydrogens is 406 g/mol. The zero-order valence-corrected chi connectivity index (χ0v) is 17.6. The van der Waals surface area contributed by atoms with E-state index in [4.69, 9.17) is 0 Å². The number of amides is 1. The summed E-state index contributed by atoms with van der Waals surface area (Å²) in [7, 11) is 0. The van der Waals surface area contributed by atoms with Gasteiger partial charge in [-0.2, -0.15) is 0 Å². The average Bonchev–Trinajstić information content (AvgIpc) is 3.37. The van der Waals surface area contributed by atoms with E-state index in [2.05, 4.69) is 4.90 Å². The lowest BCUT2D eigenvalue weighted by molar-refractivity contribution is -0.384. The van der Waals surface area contributed by atoms with Gasteiger partial charge in [0.25, 0.3) is 11.6 Å². The summed E-state index contributed by atoms with van der Waals surface area (Å²) in [6, 6.07) is 8.31. The quantitative estimate of drug-likeness (QED) is 0.371. The topological polar surface area (TPSA) is 104 Å². The molecule has 0 bridgehead atoms. The molecule has 1 aliphatic heterocycles. The molecule has 3 rings (SSSR count). The van der Waals surface area contributed by atoms with E-state index in [0.29, 0.717) is 17.0 Å². The van der Waals surface area contributed by atoms with Crippen LogP contribution in [0.4, 0.5) is 5.69 Å². The molecule has 1 aromatic carbocycles. The van der Waals surface area contributed by atoms with Crippen molar-refractivity contribution < 1.29 is 19.6 Å². The van der Waals surface area contributed by atoms with Gasteiger partial charge in [-0.3, -0.25) is 19.7 Å². The second-order valence-electron chi connectivity index (χ2n) is 6.85. The average molecular weight is 429 g/mol. The minimum absolute atomic E-state index is 0.0394. The molecule has 0 saturated heterocycles. The third-order valence-electron chi connectivity index (χ3n) is 5.24. The Kier molecular flexibility index (Phi) is 6.63. The van der Waals surface area contributed by atoms with Crippen molar-refractivity contribution in [2.75, 3.05) is 26.2 Å².